The Bertz CT molecular complexity index is 836. The van der Waals surface area contributed by atoms with E-state index in [0.717, 1.165) is 18.2 Å². The van der Waals surface area contributed by atoms with Crippen molar-refractivity contribution in [3.63, 3.8) is 0 Å². The highest BCUT2D eigenvalue weighted by Crippen LogP contribution is 2.20. The molecule has 9 heteroatoms. The van der Waals surface area contributed by atoms with Crippen molar-refractivity contribution in [1.82, 2.24) is 0 Å². The molecule has 0 heterocycles. The molecule has 0 N–H and O–H groups in total. The third-order valence-electron chi connectivity index (χ3n) is 3.38. The monoisotopic (exact) mass is 365 g/mol. The summed E-state index contributed by atoms with van der Waals surface area (Å²) in [4.78, 5) is 34.2. The van der Waals surface area contributed by atoms with Gasteiger partial charge in [0, 0.05) is 17.2 Å². The van der Waals surface area contributed by atoms with Crippen LogP contribution in [0.4, 0.5) is 14.5 Å². The number of alkyl halides is 2. The summed E-state index contributed by atoms with van der Waals surface area (Å²) in [6.07, 6.45) is 0. The fraction of sp³-hybridized carbons (Fsp3) is 0.176. The summed E-state index contributed by atoms with van der Waals surface area (Å²) < 4.78 is 33.1. The zero-order valence-electron chi connectivity index (χ0n) is 13.5. The molecule has 2 rings (SSSR count). The van der Waals surface area contributed by atoms with Crippen LogP contribution >= 0.6 is 0 Å². The van der Waals surface area contributed by atoms with Crippen molar-refractivity contribution in [2.45, 2.75) is 13.5 Å². The average molecular weight is 365 g/mol. The van der Waals surface area contributed by atoms with Gasteiger partial charge < -0.3 is 9.47 Å². The van der Waals surface area contributed by atoms with E-state index in [2.05, 4.69) is 4.74 Å². The molecule has 0 spiro atoms. The first-order chi connectivity index (χ1) is 12.3. The van der Waals surface area contributed by atoms with Crippen LogP contribution in [0, 0.1) is 17.0 Å². The van der Waals surface area contributed by atoms with Crippen molar-refractivity contribution in [3.05, 3.63) is 69.3 Å². The molecule has 0 aliphatic rings. The van der Waals surface area contributed by atoms with Crippen LogP contribution in [0.15, 0.2) is 42.5 Å². The minimum Gasteiger partial charge on any atom is -0.454 e. The van der Waals surface area contributed by atoms with Crippen molar-refractivity contribution in [1.29, 1.82) is 0 Å². The maximum absolute atomic E-state index is 12.1. The van der Waals surface area contributed by atoms with Gasteiger partial charge in [-0.25, -0.2) is 4.79 Å². The Morgan fingerprint density at radius 2 is 1.73 bits per heavy atom. The summed E-state index contributed by atoms with van der Waals surface area (Å²) in [6, 6.07) is 8.68. The van der Waals surface area contributed by atoms with Crippen LogP contribution in [-0.4, -0.2) is 29.9 Å². The number of nitro groups is 1. The maximum Gasteiger partial charge on any atom is 0.387 e. The average Bonchev–Trinajstić information content (AvgIpc) is 2.59. The van der Waals surface area contributed by atoms with E-state index in [1.54, 1.807) is 0 Å². The molecule has 0 atom stereocenters. The fourth-order valence-corrected chi connectivity index (χ4v) is 2.05. The highest BCUT2D eigenvalue weighted by Gasteiger charge is 2.17. The predicted molar refractivity (Wildman–Crippen MR) is 85.5 cm³/mol. The Kier molecular flexibility index (Phi) is 5.94. The number of ketones is 1. The number of rotatable bonds is 7. The molecule has 2 aromatic rings. The number of Topliss-reactive ketones (excluding diaryl/α,β-unsaturated/α-hetero) is 1. The van der Waals surface area contributed by atoms with Crippen LogP contribution in [-0.2, 0) is 4.74 Å². The molecule has 0 aromatic heterocycles. The van der Waals surface area contributed by atoms with Crippen LogP contribution < -0.4 is 4.74 Å². The van der Waals surface area contributed by atoms with Crippen LogP contribution in [0.5, 0.6) is 5.75 Å². The number of nitrogens with zero attached hydrogens (tertiary/aromatic N) is 1. The van der Waals surface area contributed by atoms with E-state index in [9.17, 15) is 28.5 Å². The quantitative estimate of drug-likeness (QED) is 0.322. The van der Waals surface area contributed by atoms with Crippen LogP contribution in [0.25, 0.3) is 0 Å². The second kappa shape index (κ2) is 8.15. The van der Waals surface area contributed by atoms with Gasteiger partial charge in [-0.1, -0.05) is 12.1 Å². The first-order valence-corrected chi connectivity index (χ1v) is 7.28. The topological polar surface area (TPSA) is 95.7 Å². The lowest BCUT2D eigenvalue weighted by atomic mass is 10.1. The molecule has 0 bridgehead atoms. The number of carbonyl (C=O) groups excluding carboxylic acids is 2. The standard InChI is InChI=1S/C17H13F2NO6/c1-10-2-3-12(8-14(10)20(23)24)15(21)9-25-16(22)11-4-6-13(7-5-11)26-17(18)19/h2-8,17H,9H2,1H3. The van der Waals surface area contributed by atoms with E-state index in [1.807, 2.05) is 0 Å². The molecular formula is C17H13F2NO6. The number of halogens is 2. The Morgan fingerprint density at radius 1 is 1.12 bits per heavy atom. The van der Waals surface area contributed by atoms with E-state index in [0.29, 0.717) is 5.56 Å². The van der Waals surface area contributed by atoms with Gasteiger partial charge in [0.05, 0.1) is 10.5 Å². The second-order valence-corrected chi connectivity index (χ2v) is 5.16. The van der Waals surface area contributed by atoms with Gasteiger partial charge >= 0.3 is 12.6 Å². The lowest BCUT2D eigenvalue weighted by Gasteiger charge is -2.07. The molecule has 2 aromatic carbocycles. The molecule has 0 saturated carbocycles. The van der Waals surface area contributed by atoms with E-state index in [-0.39, 0.29) is 22.6 Å². The fourth-order valence-electron chi connectivity index (χ4n) is 2.05. The van der Waals surface area contributed by atoms with Crippen molar-refractivity contribution < 1.29 is 32.8 Å². The maximum atomic E-state index is 12.1. The molecule has 0 saturated heterocycles. The number of ether oxygens (including phenoxy) is 2. The van der Waals surface area contributed by atoms with E-state index in [1.165, 1.54) is 31.2 Å². The van der Waals surface area contributed by atoms with Crippen molar-refractivity contribution in [3.8, 4) is 5.75 Å². The summed E-state index contributed by atoms with van der Waals surface area (Å²) in [5, 5.41) is 10.9. The van der Waals surface area contributed by atoms with Gasteiger partial charge in [0.1, 0.15) is 5.75 Å². The molecule has 26 heavy (non-hydrogen) atoms. The first-order valence-electron chi connectivity index (χ1n) is 7.28. The molecule has 0 fully saturated rings. The lowest BCUT2D eigenvalue weighted by molar-refractivity contribution is -0.385. The summed E-state index contributed by atoms with van der Waals surface area (Å²) in [5.74, 6) is -1.58. The summed E-state index contributed by atoms with van der Waals surface area (Å²) in [7, 11) is 0. The molecule has 0 aliphatic heterocycles. The number of carbonyl (C=O) groups is 2. The molecule has 136 valence electrons. The zero-order chi connectivity index (χ0) is 19.3. The smallest absolute Gasteiger partial charge is 0.387 e. The Labute approximate surface area is 146 Å². The SMILES string of the molecule is Cc1ccc(C(=O)COC(=O)c2ccc(OC(F)F)cc2)cc1[N+](=O)[O-]. The number of hydrogen-bond acceptors (Lipinski definition) is 6. The van der Waals surface area contributed by atoms with Crippen molar-refractivity contribution in [2.24, 2.45) is 0 Å². The molecule has 0 unspecified atom stereocenters. The number of hydrogen-bond donors (Lipinski definition) is 0. The Hall–Kier alpha value is -3.36. The minimum absolute atomic E-state index is 0.0364. The number of esters is 1. The van der Waals surface area contributed by atoms with Gasteiger partial charge in [0.15, 0.2) is 6.61 Å². The molecule has 0 amide bonds. The molecule has 7 nitrogen and oxygen atoms in total. The zero-order valence-corrected chi connectivity index (χ0v) is 13.5. The van der Waals surface area contributed by atoms with Gasteiger partial charge in [0.25, 0.3) is 5.69 Å². The highest BCUT2D eigenvalue weighted by molar-refractivity contribution is 5.99. The van der Waals surface area contributed by atoms with Crippen LogP contribution in [0.1, 0.15) is 26.3 Å². The summed E-state index contributed by atoms with van der Waals surface area (Å²) in [5.41, 5.74) is 0.261. The largest absolute Gasteiger partial charge is 0.454 e. The van der Waals surface area contributed by atoms with E-state index < -0.39 is 29.9 Å². The third-order valence-corrected chi connectivity index (χ3v) is 3.38. The summed E-state index contributed by atoms with van der Waals surface area (Å²) in [6.45, 7) is -2.06. The van der Waals surface area contributed by atoms with Crippen molar-refractivity contribution in [2.75, 3.05) is 6.61 Å². The minimum atomic E-state index is -2.98. The normalized spacial score (nSPS) is 10.5. The third kappa shape index (κ3) is 4.82. The van der Waals surface area contributed by atoms with Gasteiger partial charge in [-0.05, 0) is 31.2 Å². The molecule has 0 radical (unpaired) electrons. The molecule has 0 aliphatic carbocycles. The van der Waals surface area contributed by atoms with Crippen LogP contribution in [0.3, 0.4) is 0 Å². The predicted octanol–water partition coefficient (Wildman–Crippen LogP) is 3.54. The summed E-state index contributed by atoms with van der Waals surface area (Å²) >= 11 is 0. The van der Waals surface area contributed by atoms with Crippen molar-refractivity contribution >= 4 is 17.4 Å². The second-order valence-electron chi connectivity index (χ2n) is 5.16. The van der Waals surface area contributed by atoms with Gasteiger partial charge in [-0.2, -0.15) is 8.78 Å². The van der Waals surface area contributed by atoms with E-state index >= 15 is 0 Å². The van der Waals surface area contributed by atoms with Gasteiger partial charge in [-0.3, -0.25) is 14.9 Å². The Balaban J connectivity index is 1.99. The van der Waals surface area contributed by atoms with Gasteiger partial charge in [-0.15, -0.1) is 0 Å². The van der Waals surface area contributed by atoms with Crippen LogP contribution in [0.2, 0.25) is 0 Å². The van der Waals surface area contributed by atoms with E-state index in [4.69, 9.17) is 4.74 Å². The first kappa shape index (κ1) is 19.0. The van der Waals surface area contributed by atoms with Gasteiger partial charge in [0.2, 0.25) is 5.78 Å². The molecular weight excluding hydrogens is 352 g/mol. The Morgan fingerprint density at radius 3 is 2.31 bits per heavy atom. The lowest BCUT2D eigenvalue weighted by Crippen LogP contribution is -2.14. The highest BCUT2D eigenvalue weighted by atomic mass is 19.3. The number of nitro benzene ring substituents is 1. The number of benzene rings is 2. The number of aryl methyl sites for hydroxylation is 1.